The number of amides is 1. The maximum atomic E-state index is 12.9. The molecule has 1 amide bonds. The van der Waals surface area contributed by atoms with Crippen LogP contribution in [0.1, 0.15) is 5.56 Å². The molecule has 2 aromatic rings. The number of piperazine rings is 1. The zero-order chi connectivity index (χ0) is 23.5. The van der Waals surface area contributed by atoms with E-state index in [0.29, 0.717) is 24.5 Å². The summed E-state index contributed by atoms with van der Waals surface area (Å²) in [5, 5.41) is 0. The van der Waals surface area contributed by atoms with Crippen molar-refractivity contribution < 1.29 is 31.1 Å². The van der Waals surface area contributed by atoms with Crippen molar-refractivity contribution in [3.05, 3.63) is 54.1 Å². The number of methoxy groups -OCH3 is 1. The Morgan fingerprint density at radius 3 is 2.25 bits per heavy atom. The fourth-order valence-electron chi connectivity index (χ4n) is 3.40. The van der Waals surface area contributed by atoms with Crippen LogP contribution in [0.25, 0.3) is 0 Å². The van der Waals surface area contributed by atoms with Gasteiger partial charge in [-0.2, -0.15) is 17.5 Å². The first-order valence-corrected chi connectivity index (χ1v) is 11.3. The van der Waals surface area contributed by atoms with Crippen LogP contribution >= 0.6 is 0 Å². The van der Waals surface area contributed by atoms with E-state index >= 15 is 0 Å². The Morgan fingerprint density at radius 2 is 1.69 bits per heavy atom. The molecular weight excluding hydrogens is 447 g/mol. The summed E-state index contributed by atoms with van der Waals surface area (Å²) in [6.45, 7) is 0.929. The molecule has 0 atom stereocenters. The largest absolute Gasteiger partial charge is 0.497 e. The summed E-state index contributed by atoms with van der Waals surface area (Å²) in [4.78, 5) is 16.0. The lowest BCUT2D eigenvalue weighted by Crippen LogP contribution is -2.51. The minimum atomic E-state index is -4.42. The summed E-state index contributed by atoms with van der Waals surface area (Å²) in [7, 11) is -1.05. The van der Waals surface area contributed by atoms with Crippen LogP contribution in [-0.4, -0.2) is 70.4 Å². The van der Waals surface area contributed by atoms with Gasteiger partial charge in [0.25, 0.3) is 0 Å². The lowest BCUT2D eigenvalue weighted by molar-refractivity contribution is -0.137. The number of likely N-dealkylation sites (N-methyl/N-ethyl adjacent to an activating group) is 1. The zero-order valence-corrected chi connectivity index (χ0v) is 18.5. The van der Waals surface area contributed by atoms with Crippen molar-refractivity contribution in [3.63, 3.8) is 0 Å². The molecule has 0 unspecified atom stereocenters. The molecule has 1 fully saturated rings. The molecule has 0 aromatic heterocycles. The molecule has 1 saturated heterocycles. The van der Waals surface area contributed by atoms with E-state index in [9.17, 15) is 26.4 Å². The Kier molecular flexibility index (Phi) is 6.99. The van der Waals surface area contributed by atoms with Crippen LogP contribution < -0.4 is 9.64 Å². The molecule has 7 nitrogen and oxygen atoms in total. The van der Waals surface area contributed by atoms with E-state index in [2.05, 4.69) is 0 Å². The van der Waals surface area contributed by atoms with Crippen molar-refractivity contribution in [2.75, 3.05) is 51.8 Å². The Balaban J connectivity index is 1.59. The number of carbonyl (C=O) groups excluding carboxylic acids is 1. The van der Waals surface area contributed by atoms with Crippen molar-refractivity contribution >= 4 is 21.6 Å². The topological polar surface area (TPSA) is 70.2 Å². The minimum Gasteiger partial charge on any atom is -0.497 e. The molecule has 0 N–H and O–H groups in total. The average molecular weight is 472 g/mol. The molecule has 0 spiro atoms. The van der Waals surface area contributed by atoms with Gasteiger partial charge in [0.2, 0.25) is 15.9 Å². The van der Waals surface area contributed by atoms with Gasteiger partial charge >= 0.3 is 6.18 Å². The Morgan fingerprint density at radius 1 is 1.06 bits per heavy atom. The SMILES string of the molecule is COc1ccc(S(=O)(=O)N(C)CC(=O)N2CCN(c3cccc(C(F)(F)F)c3)CC2)cc1. The Labute approximate surface area is 185 Å². The third kappa shape index (κ3) is 5.33. The maximum Gasteiger partial charge on any atom is 0.416 e. The highest BCUT2D eigenvalue weighted by Gasteiger charge is 2.32. The molecule has 174 valence electrons. The van der Waals surface area contributed by atoms with E-state index in [0.717, 1.165) is 16.4 Å². The van der Waals surface area contributed by atoms with Crippen molar-refractivity contribution in [2.45, 2.75) is 11.1 Å². The summed E-state index contributed by atoms with van der Waals surface area (Å²) < 4.78 is 70.3. The predicted octanol–water partition coefficient (Wildman–Crippen LogP) is 2.68. The van der Waals surface area contributed by atoms with Gasteiger partial charge in [-0.05, 0) is 42.5 Å². The third-order valence-electron chi connectivity index (χ3n) is 5.30. The van der Waals surface area contributed by atoms with E-state index in [1.54, 1.807) is 11.0 Å². The first-order valence-electron chi connectivity index (χ1n) is 9.83. The molecule has 2 aromatic carbocycles. The van der Waals surface area contributed by atoms with Crippen molar-refractivity contribution in [3.8, 4) is 5.75 Å². The van der Waals surface area contributed by atoms with Gasteiger partial charge in [-0.15, -0.1) is 0 Å². The number of anilines is 1. The van der Waals surface area contributed by atoms with Gasteiger partial charge in [0, 0.05) is 38.9 Å². The van der Waals surface area contributed by atoms with E-state index in [4.69, 9.17) is 4.74 Å². The highest BCUT2D eigenvalue weighted by Crippen LogP contribution is 2.32. The van der Waals surface area contributed by atoms with E-state index in [-0.39, 0.29) is 30.4 Å². The number of benzene rings is 2. The number of alkyl halides is 3. The Bertz CT molecular complexity index is 1050. The van der Waals surface area contributed by atoms with E-state index in [1.165, 1.54) is 49.4 Å². The molecule has 0 bridgehead atoms. The van der Waals surface area contributed by atoms with Gasteiger partial charge in [-0.3, -0.25) is 4.79 Å². The molecule has 3 rings (SSSR count). The first kappa shape index (κ1) is 23.9. The number of rotatable bonds is 6. The molecule has 11 heteroatoms. The molecular formula is C21H24F3N3O4S. The summed E-state index contributed by atoms with van der Waals surface area (Å²) >= 11 is 0. The molecule has 0 aliphatic carbocycles. The number of hydrogen-bond donors (Lipinski definition) is 0. The third-order valence-corrected chi connectivity index (χ3v) is 7.11. The molecule has 0 radical (unpaired) electrons. The fraction of sp³-hybridized carbons (Fsp3) is 0.381. The smallest absolute Gasteiger partial charge is 0.416 e. The van der Waals surface area contributed by atoms with Crippen LogP contribution in [0.5, 0.6) is 5.75 Å². The summed E-state index contributed by atoms with van der Waals surface area (Å²) in [6.07, 6.45) is -4.42. The average Bonchev–Trinajstić information content (AvgIpc) is 2.78. The van der Waals surface area contributed by atoms with Crippen molar-refractivity contribution in [2.24, 2.45) is 0 Å². The second-order valence-corrected chi connectivity index (χ2v) is 9.40. The number of carbonyl (C=O) groups is 1. The standard InChI is InChI=1S/C21H24F3N3O4S/c1-25(32(29,30)19-8-6-18(31-2)7-9-19)15-20(28)27-12-10-26(11-13-27)17-5-3-4-16(14-17)21(22,23)24/h3-9,14H,10-13,15H2,1-2H3. The lowest BCUT2D eigenvalue weighted by Gasteiger charge is -2.36. The van der Waals surface area contributed by atoms with Crippen molar-refractivity contribution in [1.29, 1.82) is 0 Å². The number of hydrogen-bond acceptors (Lipinski definition) is 5. The highest BCUT2D eigenvalue weighted by atomic mass is 32.2. The summed E-state index contributed by atoms with van der Waals surface area (Å²) in [5.74, 6) is 0.148. The van der Waals surface area contributed by atoms with Crippen LogP contribution in [0.3, 0.4) is 0 Å². The number of ether oxygens (including phenoxy) is 1. The number of nitrogens with zero attached hydrogens (tertiary/aromatic N) is 3. The highest BCUT2D eigenvalue weighted by molar-refractivity contribution is 7.89. The van der Waals surface area contributed by atoms with Crippen LogP contribution in [0.15, 0.2) is 53.4 Å². The second-order valence-electron chi connectivity index (χ2n) is 7.35. The molecule has 32 heavy (non-hydrogen) atoms. The Hall–Kier alpha value is -2.79. The molecule has 1 aliphatic heterocycles. The van der Waals surface area contributed by atoms with Gasteiger partial charge in [-0.1, -0.05) is 6.07 Å². The van der Waals surface area contributed by atoms with Gasteiger partial charge < -0.3 is 14.5 Å². The molecule has 0 saturated carbocycles. The lowest BCUT2D eigenvalue weighted by atomic mass is 10.1. The second kappa shape index (κ2) is 9.37. The number of halogens is 3. The van der Waals surface area contributed by atoms with Gasteiger partial charge in [0.15, 0.2) is 0 Å². The predicted molar refractivity (Wildman–Crippen MR) is 113 cm³/mol. The van der Waals surface area contributed by atoms with Crippen LogP contribution in [-0.2, 0) is 21.0 Å². The fourth-order valence-corrected chi connectivity index (χ4v) is 4.52. The van der Waals surface area contributed by atoms with Crippen LogP contribution in [0, 0.1) is 0 Å². The van der Waals surface area contributed by atoms with Gasteiger partial charge in [-0.25, -0.2) is 8.42 Å². The van der Waals surface area contributed by atoms with E-state index in [1.807, 2.05) is 0 Å². The van der Waals surface area contributed by atoms with Crippen molar-refractivity contribution in [1.82, 2.24) is 9.21 Å². The molecule has 1 aliphatic rings. The van der Waals surface area contributed by atoms with Gasteiger partial charge in [0.1, 0.15) is 5.75 Å². The minimum absolute atomic E-state index is 0.0444. The summed E-state index contributed by atoms with van der Waals surface area (Å²) in [5.41, 5.74) is -0.287. The zero-order valence-electron chi connectivity index (χ0n) is 17.7. The van der Waals surface area contributed by atoms with E-state index < -0.39 is 21.8 Å². The quantitative estimate of drug-likeness (QED) is 0.648. The summed E-state index contributed by atoms with van der Waals surface area (Å²) in [6, 6.07) is 10.9. The normalized spacial score (nSPS) is 15.2. The van der Waals surface area contributed by atoms with Gasteiger partial charge in [0.05, 0.1) is 24.1 Å². The maximum absolute atomic E-state index is 12.9. The monoisotopic (exact) mass is 471 g/mol. The van der Waals surface area contributed by atoms with Crippen LogP contribution in [0.4, 0.5) is 18.9 Å². The number of sulfonamides is 1. The first-order chi connectivity index (χ1) is 15.0. The van der Waals surface area contributed by atoms with Crippen LogP contribution in [0.2, 0.25) is 0 Å². The molecule has 1 heterocycles.